The number of aromatic nitrogens is 1. The number of methoxy groups -OCH3 is 1. The molecule has 0 radical (unpaired) electrons. The van der Waals surface area contributed by atoms with Gasteiger partial charge in [0.05, 0.1) is 29.9 Å². The number of rotatable bonds is 10. The van der Waals surface area contributed by atoms with Crippen molar-refractivity contribution in [1.82, 2.24) is 4.98 Å². The molecule has 3 atom stereocenters. The molecule has 0 spiro atoms. The Balaban J connectivity index is 1.39. The highest BCUT2D eigenvalue weighted by atomic mass is 32.2. The monoisotopic (exact) mass is 551 g/mol. The predicted molar refractivity (Wildman–Crippen MR) is 151 cm³/mol. The number of allylic oxidation sites excluding steroid dienone is 2. The third-order valence-corrected chi connectivity index (χ3v) is 8.35. The summed E-state index contributed by atoms with van der Waals surface area (Å²) >= 11 is 2.76. The lowest BCUT2D eigenvalue weighted by Crippen LogP contribution is -2.34. The average molecular weight is 552 g/mol. The van der Waals surface area contributed by atoms with Crippen LogP contribution in [0.4, 0.5) is 10.8 Å². The van der Waals surface area contributed by atoms with Crippen LogP contribution in [0.1, 0.15) is 26.2 Å². The molecular weight excluding hydrogens is 522 g/mol. The fourth-order valence-electron chi connectivity index (χ4n) is 4.18. The van der Waals surface area contributed by atoms with Gasteiger partial charge in [0.15, 0.2) is 5.13 Å². The number of hydrogen-bond donors (Lipinski definition) is 3. The number of carbonyl (C=O) groups is 3. The summed E-state index contributed by atoms with van der Waals surface area (Å²) in [4.78, 5) is 42.8. The number of aliphatic carboxylic acids is 1. The van der Waals surface area contributed by atoms with Gasteiger partial charge in [0.1, 0.15) is 5.75 Å². The zero-order chi connectivity index (χ0) is 27.1. The van der Waals surface area contributed by atoms with Crippen LogP contribution in [-0.2, 0) is 14.4 Å². The van der Waals surface area contributed by atoms with Crippen molar-refractivity contribution in [1.29, 1.82) is 0 Å². The fourth-order valence-corrected chi connectivity index (χ4v) is 5.91. The molecular formula is C28H29N3O5S2. The Hall–Kier alpha value is -3.63. The molecule has 8 nitrogen and oxygen atoms in total. The van der Waals surface area contributed by atoms with E-state index in [1.807, 2.05) is 48.7 Å². The summed E-state index contributed by atoms with van der Waals surface area (Å²) in [6.45, 7) is 1.94. The average Bonchev–Trinajstić information content (AvgIpc) is 3.40. The van der Waals surface area contributed by atoms with Gasteiger partial charge in [-0.3, -0.25) is 14.4 Å². The SMILES string of the molecule is CCC(Sc1cccc(NC(=O)C2CC=CCC2C(=O)O)c1)C(=O)Nc1nc(-c2cccc(OC)c2)cs1. The fraction of sp³-hybridized carbons (Fsp3) is 0.286. The molecule has 2 amide bonds. The van der Waals surface area contributed by atoms with Crippen molar-refractivity contribution in [3.8, 4) is 17.0 Å². The Kier molecular flexibility index (Phi) is 9.19. The normalized spacial score (nSPS) is 17.4. The minimum atomic E-state index is -0.966. The molecule has 3 unspecified atom stereocenters. The smallest absolute Gasteiger partial charge is 0.307 e. The number of hydrogen-bond acceptors (Lipinski definition) is 7. The van der Waals surface area contributed by atoms with E-state index in [2.05, 4.69) is 15.6 Å². The quantitative estimate of drug-likeness (QED) is 0.211. The van der Waals surface area contributed by atoms with Gasteiger partial charge in [0.2, 0.25) is 11.8 Å². The van der Waals surface area contributed by atoms with E-state index in [-0.39, 0.29) is 17.1 Å². The Labute approximate surface area is 229 Å². The van der Waals surface area contributed by atoms with Gasteiger partial charge >= 0.3 is 5.97 Å². The molecule has 4 rings (SSSR count). The van der Waals surface area contributed by atoms with Crippen LogP contribution in [0.25, 0.3) is 11.3 Å². The first kappa shape index (κ1) is 27.4. The summed E-state index contributed by atoms with van der Waals surface area (Å²) < 4.78 is 5.28. The molecule has 198 valence electrons. The van der Waals surface area contributed by atoms with Gasteiger partial charge in [-0.05, 0) is 49.6 Å². The zero-order valence-electron chi connectivity index (χ0n) is 21.0. The van der Waals surface area contributed by atoms with Crippen LogP contribution in [0.3, 0.4) is 0 Å². The minimum absolute atomic E-state index is 0.156. The van der Waals surface area contributed by atoms with E-state index in [4.69, 9.17) is 4.74 Å². The van der Waals surface area contributed by atoms with Gasteiger partial charge in [-0.2, -0.15) is 0 Å². The maximum atomic E-state index is 13.0. The first-order valence-electron chi connectivity index (χ1n) is 12.2. The second kappa shape index (κ2) is 12.7. The third kappa shape index (κ3) is 6.81. The third-order valence-electron chi connectivity index (χ3n) is 6.23. The number of carboxylic acid groups (broad SMARTS) is 1. The van der Waals surface area contributed by atoms with Crippen LogP contribution < -0.4 is 15.4 Å². The Morgan fingerprint density at radius 3 is 2.61 bits per heavy atom. The maximum absolute atomic E-state index is 13.0. The Morgan fingerprint density at radius 1 is 1.11 bits per heavy atom. The summed E-state index contributed by atoms with van der Waals surface area (Å²) in [6.07, 6.45) is 4.99. The molecule has 0 fully saturated rings. The summed E-state index contributed by atoms with van der Waals surface area (Å²) in [5.74, 6) is -2.06. The van der Waals surface area contributed by atoms with Crippen molar-refractivity contribution in [2.75, 3.05) is 17.7 Å². The van der Waals surface area contributed by atoms with E-state index in [9.17, 15) is 19.5 Å². The van der Waals surface area contributed by atoms with Crippen LogP contribution >= 0.6 is 23.1 Å². The molecule has 3 N–H and O–H groups in total. The van der Waals surface area contributed by atoms with Crippen LogP contribution in [0.2, 0.25) is 0 Å². The minimum Gasteiger partial charge on any atom is -0.497 e. The summed E-state index contributed by atoms with van der Waals surface area (Å²) in [5, 5.41) is 17.3. The molecule has 0 aliphatic heterocycles. The number of thiazole rings is 1. The van der Waals surface area contributed by atoms with E-state index >= 15 is 0 Å². The number of ether oxygens (including phenoxy) is 1. The highest BCUT2D eigenvalue weighted by Crippen LogP contribution is 2.32. The van der Waals surface area contributed by atoms with Gasteiger partial charge in [-0.25, -0.2) is 4.98 Å². The second-order valence-electron chi connectivity index (χ2n) is 8.78. The molecule has 3 aromatic rings. The van der Waals surface area contributed by atoms with Crippen molar-refractivity contribution in [2.45, 2.75) is 36.3 Å². The van der Waals surface area contributed by atoms with E-state index in [1.54, 1.807) is 31.4 Å². The number of amides is 2. The van der Waals surface area contributed by atoms with Gasteiger partial charge < -0.3 is 20.5 Å². The topological polar surface area (TPSA) is 118 Å². The van der Waals surface area contributed by atoms with Crippen LogP contribution in [0.15, 0.2) is 71.0 Å². The maximum Gasteiger partial charge on any atom is 0.307 e. The molecule has 2 aromatic carbocycles. The highest BCUT2D eigenvalue weighted by molar-refractivity contribution is 8.00. The molecule has 1 aromatic heterocycles. The molecule has 0 saturated carbocycles. The predicted octanol–water partition coefficient (Wildman–Crippen LogP) is 5.93. The molecule has 38 heavy (non-hydrogen) atoms. The molecule has 10 heteroatoms. The van der Waals surface area contributed by atoms with Crippen molar-refractivity contribution in [2.24, 2.45) is 11.8 Å². The summed E-state index contributed by atoms with van der Waals surface area (Å²) in [6, 6.07) is 14.8. The van der Waals surface area contributed by atoms with Gasteiger partial charge in [0.25, 0.3) is 0 Å². The first-order chi connectivity index (χ1) is 18.4. The largest absolute Gasteiger partial charge is 0.497 e. The van der Waals surface area contributed by atoms with Crippen LogP contribution in [-0.4, -0.2) is 40.2 Å². The lowest BCUT2D eigenvalue weighted by Gasteiger charge is -2.24. The van der Waals surface area contributed by atoms with Crippen molar-refractivity contribution in [3.63, 3.8) is 0 Å². The van der Waals surface area contributed by atoms with E-state index in [0.717, 1.165) is 21.9 Å². The van der Waals surface area contributed by atoms with Crippen molar-refractivity contribution >= 4 is 51.7 Å². The van der Waals surface area contributed by atoms with Crippen molar-refractivity contribution in [3.05, 3.63) is 66.1 Å². The lowest BCUT2D eigenvalue weighted by atomic mass is 9.82. The van der Waals surface area contributed by atoms with Crippen LogP contribution in [0.5, 0.6) is 5.75 Å². The van der Waals surface area contributed by atoms with Crippen molar-refractivity contribution < 1.29 is 24.2 Å². The lowest BCUT2D eigenvalue weighted by molar-refractivity contribution is -0.146. The molecule has 1 heterocycles. The van der Waals surface area contributed by atoms with E-state index < -0.39 is 17.8 Å². The van der Waals surface area contributed by atoms with Gasteiger partial charge in [0, 0.05) is 21.5 Å². The van der Waals surface area contributed by atoms with Crippen LogP contribution in [0, 0.1) is 11.8 Å². The zero-order valence-corrected chi connectivity index (χ0v) is 22.7. The van der Waals surface area contributed by atoms with Gasteiger partial charge in [-0.1, -0.05) is 37.3 Å². The Morgan fingerprint density at radius 2 is 1.87 bits per heavy atom. The summed E-state index contributed by atoms with van der Waals surface area (Å²) in [7, 11) is 1.61. The number of nitrogens with zero attached hydrogens (tertiary/aromatic N) is 1. The number of carboxylic acids is 1. The summed E-state index contributed by atoms with van der Waals surface area (Å²) in [5.41, 5.74) is 2.23. The van der Waals surface area contributed by atoms with Gasteiger partial charge in [-0.15, -0.1) is 23.1 Å². The van der Waals surface area contributed by atoms with E-state index in [0.29, 0.717) is 30.1 Å². The molecule has 1 aliphatic rings. The number of carbonyl (C=O) groups excluding carboxylic acids is 2. The standard InChI is InChI=1S/C28H29N3O5S2/c1-3-24(26(33)31-28-30-23(16-37-28)17-8-6-10-19(14-17)36-2)38-20-11-7-9-18(15-20)29-25(32)21-12-4-5-13-22(21)27(34)35/h4-11,14-16,21-22,24H,3,12-13H2,1-2H3,(H,29,32)(H,34,35)(H,30,31,33). The number of anilines is 2. The Bertz CT molecular complexity index is 1340. The number of thioether (sulfide) groups is 1. The highest BCUT2D eigenvalue weighted by Gasteiger charge is 2.34. The van der Waals surface area contributed by atoms with E-state index in [1.165, 1.54) is 23.1 Å². The molecule has 1 aliphatic carbocycles. The number of benzene rings is 2. The molecule has 0 bridgehead atoms. The molecule has 0 saturated heterocycles. The first-order valence-corrected chi connectivity index (χ1v) is 14.0. The second-order valence-corrected chi connectivity index (χ2v) is 10.9. The number of nitrogens with one attached hydrogen (secondary N) is 2.